The van der Waals surface area contributed by atoms with Gasteiger partial charge in [0.2, 0.25) is 0 Å². The largest absolute Gasteiger partial charge is 0.423 e. The third-order valence-corrected chi connectivity index (χ3v) is 2.18. The Balaban J connectivity index is 2.55. The first-order valence-corrected chi connectivity index (χ1v) is 5.32. The second kappa shape index (κ2) is 4.83. The first-order chi connectivity index (χ1) is 8.56. The zero-order valence-corrected chi connectivity index (χ0v) is 9.97. The molecule has 2 aromatic rings. The van der Waals surface area contributed by atoms with E-state index >= 15 is 0 Å². The number of hydrogen-bond acceptors (Lipinski definition) is 5. The van der Waals surface area contributed by atoms with Crippen molar-refractivity contribution in [2.24, 2.45) is 0 Å². The van der Waals surface area contributed by atoms with Gasteiger partial charge in [0.25, 0.3) is 0 Å². The molecule has 0 aliphatic heterocycles. The highest BCUT2D eigenvalue weighted by Crippen LogP contribution is 2.32. The Morgan fingerprint density at radius 3 is 2.28 bits per heavy atom. The normalized spacial score (nSPS) is 10.1. The van der Waals surface area contributed by atoms with E-state index in [0.29, 0.717) is 5.52 Å². The van der Waals surface area contributed by atoms with Crippen LogP contribution in [-0.2, 0) is 9.59 Å². The molecule has 1 heterocycles. The lowest BCUT2D eigenvalue weighted by Gasteiger charge is -2.09. The van der Waals surface area contributed by atoms with Crippen LogP contribution in [0, 0.1) is 0 Å². The van der Waals surface area contributed by atoms with Crippen molar-refractivity contribution in [3.63, 3.8) is 0 Å². The zero-order valence-electron chi connectivity index (χ0n) is 9.97. The molecule has 0 bridgehead atoms. The van der Waals surface area contributed by atoms with Gasteiger partial charge in [0.05, 0.1) is 5.52 Å². The number of benzene rings is 1. The maximum Gasteiger partial charge on any atom is 0.308 e. The van der Waals surface area contributed by atoms with Crippen LogP contribution in [0.1, 0.15) is 13.8 Å². The number of pyridine rings is 1. The second-order valence-electron chi connectivity index (χ2n) is 3.68. The van der Waals surface area contributed by atoms with E-state index in [2.05, 4.69) is 4.98 Å². The zero-order chi connectivity index (χ0) is 13.1. The lowest BCUT2D eigenvalue weighted by atomic mass is 10.2. The molecule has 1 aromatic heterocycles. The van der Waals surface area contributed by atoms with E-state index in [4.69, 9.17) is 9.47 Å². The highest BCUT2D eigenvalue weighted by atomic mass is 16.6. The minimum absolute atomic E-state index is 0.184. The number of carbonyl (C=O) groups excluding carboxylic acids is 2. The third-order valence-electron chi connectivity index (χ3n) is 2.18. The minimum atomic E-state index is -0.487. The average Bonchev–Trinajstić information content (AvgIpc) is 2.28. The molecule has 0 fully saturated rings. The fraction of sp³-hybridized carbons (Fsp3) is 0.154. The van der Waals surface area contributed by atoms with Gasteiger partial charge in [-0.05, 0) is 12.1 Å². The summed E-state index contributed by atoms with van der Waals surface area (Å²) in [5.41, 5.74) is 0.657. The number of ether oxygens (including phenoxy) is 2. The van der Waals surface area contributed by atoms with Gasteiger partial charge < -0.3 is 9.47 Å². The van der Waals surface area contributed by atoms with Gasteiger partial charge >= 0.3 is 11.9 Å². The Morgan fingerprint density at radius 2 is 1.67 bits per heavy atom. The molecule has 0 N–H and O–H groups in total. The van der Waals surface area contributed by atoms with Gasteiger partial charge in [-0.3, -0.25) is 14.6 Å². The lowest BCUT2D eigenvalue weighted by molar-refractivity contribution is -0.134. The number of carbonyl (C=O) groups is 2. The van der Waals surface area contributed by atoms with Crippen LogP contribution in [0.4, 0.5) is 0 Å². The molecule has 0 spiro atoms. The lowest BCUT2D eigenvalue weighted by Crippen LogP contribution is -2.07. The summed E-state index contributed by atoms with van der Waals surface area (Å²) in [6.07, 6.45) is 1.63. The summed E-state index contributed by atoms with van der Waals surface area (Å²) in [4.78, 5) is 26.2. The smallest absolute Gasteiger partial charge is 0.308 e. The van der Waals surface area contributed by atoms with Gasteiger partial charge in [-0.15, -0.1) is 0 Å². The summed E-state index contributed by atoms with van der Waals surface area (Å²) >= 11 is 0. The average molecular weight is 245 g/mol. The van der Waals surface area contributed by atoms with Crippen LogP contribution < -0.4 is 9.47 Å². The van der Waals surface area contributed by atoms with E-state index in [1.807, 2.05) is 6.07 Å². The van der Waals surface area contributed by atoms with E-state index in [1.54, 1.807) is 24.4 Å². The van der Waals surface area contributed by atoms with Crippen molar-refractivity contribution in [1.82, 2.24) is 4.98 Å². The molecule has 5 heteroatoms. The number of hydrogen-bond donors (Lipinski definition) is 0. The van der Waals surface area contributed by atoms with Crippen LogP contribution in [0.15, 0.2) is 30.5 Å². The van der Waals surface area contributed by atoms with E-state index < -0.39 is 11.9 Å². The van der Waals surface area contributed by atoms with Crippen LogP contribution in [0.25, 0.3) is 10.9 Å². The molecule has 0 saturated heterocycles. The van der Waals surface area contributed by atoms with Gasteiger partial charge in [-0.1, -0.05) is 6.07 Å². The number of aromatic nitrogens is 1. The van der Waals surface area contributed by atoms with E-state index in [1.165, 1.54) is 13.8 Å². The predicted octanol–water partition coefficient (Wildman–Crippen LogP) is 2.09. The molecular formula is C13H11NO4. The molecule has 18 heavy (non-hydrogen) atoms. The van der Waals surface area contributed by atoms with Crippen LogP contribution >= 0.6 is 0 Å². The molecule has 5 nitrogen and oxygen atoms in total. The molecule has 92 valence electrons. The molecule has 0 saturated carbocycles. The van der Waals surface area contributed by atoms with Gasteiger partial charge in [0.15, 0.2) is 11.5 Å². The van der Waals surface area contributed by atoms with Crippen molar-refractivity contribution in [1.29, 1.82) is 0 Å². The summed E-state index contributed by atoms with van der Waals surface area (Å²) in [6.45, 7) is 2.56. The van der Waals surface area contributed by atoms with Gasteiger partial charge in [0, 0.05) is 31.5 Å². The van der Waals surface area contributed by atoms with Crippen LogP contribution in [-0.4, -0.2) is 16.9 Å². The summed E-state index contributed by atoms with van der Waals surface area (Å²) < 4.78 is 10.0. The van der Waals surface area contributed by atoms with Gasteiger partial charge in [0.1, 0.15) is 0 Å². The number of nitrogens with zero attached hydrogens (tertiary/aromatic N) is 1. The Labute approximate surface area is 103 Å². The van der Waals surface area contributed by atoms with Crippen LogP contribution in [0.2, 0.25) is 0 Å². The molecule has 0 unspecified atom stereocenters. The monoisotopic (exact) mass is 245 g/mol. The molecular weight excluding hydrogens is 234 g/mol. The Hall–Kier alpha value is -2.43. The molecule has 0 aliphatic rings. The van der Waals surface area contributed by atoms with E-state index in [9.17, 15) is 9.59 Å². The topological polar surface area (TPSA) is 65.5 Å². The molecule has 0 amide bonds. The van der Waals surface area contributed by atoms with E-state index in [0.717, 1.165) is 5.39 Å². The maximum absolute atomic E-state index is 11.0. The summed E-state index contributed by atoms with van der Waals surface area (Å²) in [7, 11) is 0. The number of rotatable bonds is 2. The van der Waals surface area contributed by atoms with Crippen molar-refractivity contribution in [3.8, 4) is 11.5 Å². The molecule has 0 aliphatic carbocycles. The fourth-order valence-corrected chi connectivity index (χ4v) is 1.55. The van der Waals surface area contributed by atoms with Gasteiger partial charge in [-0.2, -0.15) is 0 Å². The van der Waals surface area contributed by atoms with Crippen molar-refractivity contribution >= 4 is 22.8 Å². The van der Waals surface area contributed by atoms with Crippen molar-refractivity contribution in [2.75, 3.05) is 0 Å². The van der Waals surface area contributed by atoms with Crippen LogP contribution in [0.3, 0.4) is 0 Å². The predicted molar refractivity (Wildman–Crippen MR) is 64.4 cm³/mol. The second-order valence-corrected chi connectivity index (χ2v) is 3.68. The summed E-state index contributed by atoms with van der Waals surface area (Å²) in [5.74, 6) is -0.576. The SMILES string of the molecule is CC(=O)Oc1cc2cccnc2cc1OC(C)=O. The molecule has 0 atom stereocenters. The first kappa shape index (κ1) is 12.0. The van der Waals surface area contributed by atoms with Crippen LogP contribution in [0.5, 0.6) is 11.5 Å². The van der Waals surface area contributed by atoms with Crippen molar-refractivity contribution < 1.29 is 19.1 Å². The van der Waals surface area contributed by atoms with E-state index in [-0.39, 0.29) is 11.5 Å². The first-order valence-electron chi connectivity index (χ1n) is 5.32. The highest BCUT2D eigenvalue weighted by Gasteiger charge is 2.12. The Bertz CT molecular complexity index is 567. The fourth-order valence-electron chi connectivity index (χ4n) is 1.55. The molecule has 0 radical (unpaired) electrons. The standard InChI is InChI=1S/C13H11NO4/c1-8(15)17-12-6-10-4-3-5-14-11(10)7-13(12)18-9(2)16/h3-7H,1-2H3. The highest BCUT2D eigenvalue weighted by molar-refractivity contribution is 5.85. The van der Waals surface area contributed by atoms with Crippen molar-refractivity contribution in [2.45, 2.75) is 13.8 Å². The van der Waals surface area contributed by atoms with Gasteiger partial charge in [-0.25, -0.2) is 0 Å². The third kappa shape index (κ3) is 2.63. The molecule has 1 aromatic carbocycles. The Morgan fingerprint density at radius 1 is 1.06 bits per heavy atom. The summed E-state index contributed by atoms with van der Waals surface area (Å²) in [5, 5.41) is 0.796. The minimum Gasteiger partial charge on any atom is -0.423 e. The maximum atomic E-state index is 11.0. The quantitative estimate of drug-likeness (QED) is 0.598. The number of esters is 2. The Kier molecular flexibility index (Phi) is 3.23. The van der Waals surface area contributed by atoms with Crippen molar-refractivity contribution in [3.05, 3.63) is 30.5 Å². The summed E-state index contributed by atoms with van der Waals surface area (Å²) in [6, 6.07) is 6.77. The number of fused-ring (bicyclic) bond motifs is 1. The molecule has 2 rings (SSSR count).